The molecule has 5 aromatic carbocycles. The highest BCUT2D eigenvalue weighted by molar-refractivity contribution is 6.35. The first-order valence-electron chi connectivity index (χ1n) is 12.9. The van der Waals surface area contributed by atoms with Gasteiger partial charge in [-0.15, -0.1) is 0 Å². The average molecular weight is 614 g/mol. The van der Waals surface area contributed by atoms with E-state index in [1.54, 1.807) is 60.7 Å². The van der Waals surface area contributed by atoms with Crippen molar-refractivity contribution >= 4 is 63.2 Å². The largest absolute Gasteiger partial charge is 0.489 e. The van der Waals surface area contributed by atoms with Gasteiger partial charge in [0.1, 0.15) is 36.4 Å². The normalized spacial score (nSPS) is 11.1. The van der Waals surface area contributed by atoms with Crippen molar-refractivity contribution < 1.29 is 14.3 Å². The zero-order chi connectivity index (χ0) is 29.5. The zero-order valence-electron chi connectivity index (χ0n) is 22.1. The molecule has 0 saturated carbocycles. The number of nitrogens with one attached hydrogen (secondary N) is 1. The first-order valence-corrected chi connectivity index (χ1v) is 14.0. The summed E-state index contributed by atoms with van der Waals surface area (Å²) in [5.41, 5.74) is 2.71. The minimum absolute atomic E-state index is 0.106. The van der Waals surface area contributed by atoms with Gasteiger partial charge in [-0.25, -0.2) is 0 Å². The van der Waals surface area contributed by atoms with E-state index in [0.29, 0.717) is 44.4 Å². The van der Waals surface area contributed by atoms with Crippen molar-refractivity contribution in [1.82, 2.24) is 0 Å². The molecule has 42 heavy (non-hydrogen) atoms. The molecule has 0 aliphatic carbocycles. The van der Waals surface area contributed by atoms with E-state index in [-0.39, 0.29) is 12.2 Å². The van der Waals surface area contributed by atoms with Crippen LogP contribution in [0.25, 0.3) is 16.8 Å². The third-order valence-corrected chi connectivity index (χ3v) is 7.24. The van der Waals surface area contributed by atoms with Gasteiger partial charge in [0.2, 0.25) is 0 Å². The molecule has 0 unspecified atom stereocenters. The monoisotopic (exact) mass is 612 g/mol. The van der Waals surface area contributed by atoms with Gasteiger partial charge in [-0.1, -0.05) is 83.3 Å². The highest BCUT2D eigenvalue weighted by Gasteiger charge is 2.13. The number of hydrogen-bond acceptors (Lipinski definition) is 4. The molecule has 0 bridgehead atoms. The van der Waals surface area contributed by atoms with Gasteiger partial charge in [0, 0.05) is 31.9 Å². The molecule has 208 valence electrons. The minimum Gasteiger partial charge on any atom is -0.489 e. The number of rotatable bonds is 9. The fraction of sp³-hybridized carbons (Fsp3) is 0.0588. The molecule has 0 aliphatic rings. The minimum atomic E-state index is -0.570. The van der Waals surface area contributed by atoms with E-state index in [1.807, 2.05) is 48.5 Å². The molecule has 5 rings (SSSR count). The van der Waals surface area contributed by atoms with E-state index < -0.39 is 5.91 Å². The highest BCUT2D eigenvalue weighted by Crippen LogP contribution is 2.28. The van der Waals surface area contributed by atoms with E-state index in [2.05, 4.69) is 5.32 Å². The summed E-state index contributed by atoms with van der Waals surface area (Å²) in [6.45, 7) is 0.560. The molecule has 0 atom stereocenters. The van der Waals surface area contributed by atoms with Crippen molar-refractivity contribution in [2.75, 3.05) is 5.32 Å². The summed E-state index contributed by atoms with van der Waals surface area (Å²) in [5, 5.41) is 16.3. The number of fused-ring (bicyclic) bond motifs is 1. The predicted molar refractivity (Wildman–Crippen MR) is 169 cm³/mol. The van der Waals surface area contributed by atoms with Gasteiger partial charge < -0.3 is 14.8 Å². The van der Waals surface area contributed by atoms with Crippen LogP contribution in [0.15, 0.2) is 109 Å². The second-order valence-electron chi connectivity index (χ2n) is 9.28. The van der Waals surface area contributed by atoms with Gasteiger partial charge in [0.05, 0.1) is 0 Å². The average Bonchev–Trinajstić information content (AvgIpc) is 2.99. The van der Waals surface area contributed by atoms with Gasteiger partial charge in [-0.3, -0.25) is 4.79 Å². The SMILES string of the molecule is N#C/C(=C\c1cc(Cl)ccc1OCc1cccc2ccccc12)C(=O)Nc1ccc(OCc2ccc(Cl)cc2Cl)cc1. The smallest absolute Gasteiger partial charge is 0.266 e. The Hall–Kier alpha value is -4.47. The predicted octanol–water partition coefficient (Wildman–Crippen LogP) is 9.50. The summed E-state index contributed by atoms with van der Waals surface area (Å²) >= 11 is 18.4. The Morgan fingerprint density at radius 3 is 2.29 bits per heavy atom. The third-order valence-electron chi connectivity index (χ3n) is 6.42. The summed E-state index contributed by atoms with van der Waals surface area (Å²) in [6.07, 6.45) is 1.47. The van der Waals surface area contributed by atoms with Crippen LogP contribution in [0.2, 0.25) is 15.1 Å². The molecule has 0 heterocycles. The molecule has 1 N–H and O–H groups in total. The van der Waals surface area contributed by atoms with Crippen LogP contribution in [0.1, 0.15) is 16.7 Å². The number of carbonyl (C=O) groups is 1. The van der Waals surface area contributed by atoms with Crippen LogP contribution in [-0.4, -0.2) is 5.91 Å². The van der Waals surface area contributed by atoms with Gasteiger partial charge >= 0.3 is 0 Å². The van der Waals surface area contributed by atoms with Crippen molar-refractivity contribution in [2.24, 2.45) is 0 Å². The second kappa shape index (κ2) is 13.5. The van der Waals surface area contributed by atoms with Crippen molar-refractivity contribution in [3.63, 3.8) is 0 Å². The molecule has 0 radical (unpaired) electrons. The molecule has 0 saturated heterocycles. The summed E-state index contributed by atoms with van der Waals surface area (Å²) < 4.78 is 11.9. The molecule has 0 spiro atoms. The lowest BCUT2D eigenvalue weighted by Gasteiger charge is -2.12. The van der Waals surface area contributed by atoms with E-state index in [0.717, 1.165) is 21.9 Å². The number of nitriles is 1. The molecule has 5 aromatic rings. The zero-order valence-corrected chi connectivity index (χ0v) is 24.4. The fourth-order valence-corrected chi connectivity index (χ4v) is 4.92. The van der Waals surface area contributed by atoms with E-state index in [1.165, 1.54) is 6.08 Å². The third kappa shape index (κ3) is 7.23. The van der Waals surface area contributed by atoms with Crippen LogP contribution in [0, 0.1) is 11.3 Å². The molecule has 0 aliphatic heterocycles. The highest BCUT2D eigenvalue weighted by atomic mass is 35.5. The van der Waals surface area contributed by atoms with Crippen LogP contribution in [0.5, 0.6) is 11.5 Å². The molecule has 0 aromatic heterocycles. The van der Waals surface area contributed by atoms with Crippen LogP contribution in [0.3, 0.4) is 0 Å². The molecular weight excluding hydrogens is 591 g/mol. The van der Waals surface area contributed by atoms with Gasteiger partial charge in [0.15, 0.2) is 0 Å². The standard InChI is InChI=1S/C34H23Cl3N2O3/c35-27-10-15-33(42-20-23-6-3-5-22-4-1-2-7-31(22)23)25(17-27)16-26(19-38)34(40)39-29-11-13-30(14-12-29)41-21-24-8-9-28(36)18-32(24)37/h1-18H,20-21H2,(H,39,40)/b26-16+. The first-order chi connectivity index (χ1) is 20.4. The Labute approximate surface area is 258 Å². The number of ether oxygens (including phenoxy) is 2. The summed E-state index contributed by atoms with van der Waals surface area (Å²) in [7, 11) is 0. The molecule has 1 amide bonds. The maximum atomic E-state index is 13.0. The van der Waals surface area contributed by atoms with Crippen LogP contribution < -0.4 is 14.8 Å². The van der Waals surface area contributed by atoms with Gasteiger partial charge in [-0.2, -0.15) is 5.26 Å². The molecular formula is C34H23Cl3N2O3. The topological polar surface area (TPSA) is 71.3 Å². The molecule has 0 fully saturated rings. The number of benzene rings is 5. The Balaban J connectivity index is 1.27. The van der Waals surface area contributed by atoms with E-state index in [4.69, 9.17) is 44.3 Å². The Kier molecular flexibility index (Phi) is 9.31. The number of anilines is 1. The molecule has 5 nitrogen and oxygen atoms in total. The van der Waals surface area contributed by atoms with E-state index >= 15 is 0 Å². The Morgan fingerprint density at radius 2 is 1.50 bits per heavy atom. The Morgan fingerprint density at radius 1 is 0.786 bits per heavy atom. The summed E-state index contributed by atoms with van der Waals surface area (Å²) in [4.78, 5) is 13.0. The van der Waals surface area contributed by atoms with Crippen LogP contribution in [0.4, 0.5) is 5.69 Å². The van der Waals surface area contributed by atoms with Crippen molar-refractivity contribution in [1.29, 1.82) is 5.26 Å². The summed E-state index contributed by atoms with van der Waals surface area (Å²) in [6, 6.07) is 33.2. The number of hydrogen-bond donors (Lipinski definition) is 1. The Bertz CT molecular complexity index is 1820. The van der Waals surface area contributed by atoms with Crippen LogP contribution in [-0.2, 0) is 18.0 Å². The molecule has 8 heteroatoms. The first kappa shape index (κ1) is 29.0. The lowest BCUT2D eigenvalue weighted by Crippen LogP contribution is -2.13. The quantitative estimate of drug-likeness (QED) is 0.133. The lowest BCUT2D eigenvalue weighted by atomic mass is 10.1. The van der Waals surface area contributed by atoms with Gasteiger partial charge in [0.25, 0.3) is 5.91 Å². The van der Waals surface area contributed by atoms with Crippen molar-refractivity contribution in [3.8, 4) is 17.6 Å². The second-order valence-corrected chi connectivity index (χ2v) is 10.6. The lowest BCUT2D eigenvalue weighted by molar-refractivity contribution is -0.112. The number of nitrogens with zero attached hydrogens (tertiary/aromatic N) is 1. The van der Waals surface area contributed by atoms with Gasteiger partial charge in [-0.05, 0) is 77.0 Å². The van der Waals surface area contributed by atoms with Crippen molar-refractivity contribution in [2.45, 2.75) is 13.2 Å². The fourth-order valence-electron chi connectivity index (χ4n) is 4.27. The number of halogens is 3. The van der Waals surface area contributed by atoms with Crippen molar-refractivity contribution in [3.05, 3.63) is 140 Å². The maximum absolute atomic E-state index is 13.0. The summed E-state index contributed by atoms with van der Waals surface area (Å²) in [5.74, 6) is 0.510. The van der Waals surface area contributed by atoms with E-state index in [9.17, 15) is 10.1 Å². The maximum Gasteiger partial charge on any atom is 0.266 e. The number of carbonyl (C=O) groups excluding carboxylic acids is 1. The van der Waals surface area contributed by atoms with Crippen LogP contribution >= 0.6 is 34.8 Å². The number of amides is 1.